The van der Waals surface area contributed by atoms with Crippen LogP contribution in [0.2, 0.25) is 0 Å². The molecule has 3 rings (SSSR count). The normalized spacial score (nSPS) is 13.4. The van der Waals surface area contributed by atoms with Gasteiger partial charge < -0.3 is 15.5 Å². The van der Waals surface area contributed by atoms with Crippen LogP contribution in [0.4, 0.5) is 16.2 Å². The average molecular weight is 384 g/mol. The summed E-state index contributed by atoms with van der Waals surface area (Å²) in [6, 6.07) is 15.5. The van der Waals surface area contributed by atoms with Gasteiger partial charge in [-0.2, -0.15) is 0 Å². The maximum Gasteiger partial charge on any atom is 0.321 e. The Balaban J connectivity index is 1.52. The van der Waals surface area contributed by atoms with Crippen LogP contribution in [0.15, 0.2) is 48.5 Å². The molecule has 0 spiro atoms. The molecule has 1 fully saturated rings. The molecule has 27 heavy (non-hydrogen) atoms. The van der Waals surface area contributed by atoms with Crippen molar-refractivity contribution < 1.29 is 9.59 Å². The molecule has 2 N–H and O–H groups in total. The Bertz CT molecular complexity index is 804. The SMILES string of the molecule is Cc1cccc(CSCC(=O)Nc2ccccc2NC(=O)N2CCCC2)c1. The number of nitrogens with one attached hydrogen (secondary N) is 2. The quantitative estimate of drug-likeness (QED) is 0.772. The van der Waals surface area contributed by atoms with Crippen LogP contribution in [-0.2, 0) is 10.5 Å². The van der Waals surface area contributed by atoms with E-state index in [0.29, 0.717) is 17.1 Å². The minimum Gasteiger partial charge on any atom is -0.325 e. The van der Waals surface area contributed by atoms with E-state index in [1.165, 1.54) is 11.1 Å². The molecular formula is C21H25N3O2S. The van der Waals surface area contributed by atoms with Crippen LogP contribution in [0.1, 0.15) is 24.0 Å². The third-order valence-electron chi connectivity index (χ3n) is 4.42. The number of hydrogen-bond donors (Lipinski definition) is 2. The van der Waals surface area contributed by atoms with Crippen molar-refractivity contribution in [3.63, 3.8) is 0 Å². The van der Waals surface area contributed by atoms with Gasteiger partial charge in [0.05, 0.1) is 17.1 Å². The molecule has 1 saturated heterocycles. The Morgan fingerprint density at radius 1 is 1.00 bits per heavy atom. The zero-order valence-electron chi connectivity index (χ0n) is 15.5. The molecular weight excluding hydrogens is 358 g/mol. The van der Waals surface area contributed by atoms with Crippen LogP contribution in [-0.4, -0.2) is 35.7 Å². The van der Waals surface area contributed by atoms with E-state index in [0.717, 1.165) is 31.7 Å². The predicted octanol–water partition coefficient (Wildman–Crippen LogP) is 4.49. The standard InChI is InChI=1S/C21H25N3O2S/c1-16-7-6-8-17(13-16)14-27-15-20(25)22-18-9-2-3-10-19(18)23-21(26)24-11-4-5-12-24/h2-3,6-10,13H,4-5,11-12,14-15H2,1H3,(H,22,25)(H,23,26). The number of likely N-dealkylation sites (tertiary alicyclic amines) is 1. The van der Waals surface area contributed by atoms with Gasteiger partial charge in [0.25, 0.3) is 0 Å². The molecule has 142 valence electrons. The van der Waals surface area contributed by atoms with Crippen molar-refractivity contribution in [1.29, 1.82) is 0 Å². The lowest BCUT2D eigenvalue weighted by Gasteiger charge is -2.18. The Hall–Kier alpha value is -2.47. The molecule has 6 heteroatoms. The van der Waals surface area contributed by atoms with Crippen molar-refractivity contribution in [1.82, 2.24) is 4.90 Å². The van der Waals surface area contributed by atoms with Crippen LogP contribution in [0, 0.1) is 6.92 Å². The summed E-state index contributed by atoms with van der Waals surface area (Å²) < 4.78 is 0. The van der Waals surface area contributed by atoms with Gasteiger partial charge in [-0.25, -0.2) is 4.79 Å². The minimum atomic E-state index is -0.108. The van der Waals surface area contributed by atoms with Gasteiger partial charge >= 0.3 is 6.03 Å². The first-order chi connectivity index (χ1) is 13.1. The number of benzene rings is 2. The Morgan fingerprint density at radius 2 is 1.70 bits per heavy atom. The maximum atomic E-state index is 12.3. The summed E-state index contributed by atoms with van der Waals surface area (Å²) in [6.45, 7) is 3.64. The van der Waals surface area contributed by atoms with Gasteiger partial charge in [-0.1, -0.05) is 42.0 Å². The fraction of sp³-hybridized carbons (Fsp3) is 0.333. The Labute approximate surface area is 164 Å². The van der Waals surface area contributed by atoms with Crippen LogP contribution >= 0.6 is 11.8 Å². The molecule has 2 aromatic carbocycles. The lowest BCUT2D eigenvalue weighted by Crippen LogP contribution is -2.32. The van der Waals surface area contributed by atoms with E-state index in [1.54, 1.807) is 16.7 Å². The van der Waals surface area contributed by atoms with Gasteiger partial charge in [0, 0.05) is 18.8 Å². The van der Waals surface area contributed by atoms with E-state index in [-0.39, 0.29) is 11.9 Å². The summed E-state index contributed by atoms with van der Waals surface area (Å²) in [7, 11) is 0. The first-order valence-corrected chi connectivity index (χ1v) is 10.4. The number of urea groups is 1. The van der Waals surface area contributed by atoms with E-state index in [9.17, 15) is 9.59 Å². The van der Waals surface area contributed by atoms with Gasteiger partial charge in [0.1, 0.15) is 0 Å². The largest absolute Gasteiger partial charge is 0.325 e. The zero-order chi connectivity index (χ0) is 19.1. The van der Waals surface area contributed by atoms with Crippen LogP contribution in [0.25, 0.3) is 0 Å². The Kier molecular flexibility index (Phi) is 6.76. The molecule has 0 saturated carbocycles. The highest BCUT2D eigenvalue weighted by atomic mass is 32.2. The molecule has 1 aliphatic rings. The number of anilines is 2. The number of nitrogens with zero attached hydrogens (tertiary/aromatic N) is 1. The van der Waals surface area contributed by atoms with Crippen molar-refractivity contribution >= 4 is 35.1 Å². The van der Waals surface area contributed by atoms with Crippen molar-refractivity contribution in [3.05, 3.63) is 59.7 Å². The second-order valence-corrected chi connectivity index (χ2v) is 7.69. The third-order valence-corrected chi connectivity index (χ3v) is 5.42. The number of hydrogen-bond acceptors (Lipinski definition) is 3. The topological polar surface area (TPSA) is 61.4 Å². The molecule has 0 aliphatic carbocycles. The number of para-hydroxylation sites is 2. The highest BCUT2D eigenvalue weighted by Gasteiger charge is 2.19. The number of rotatable bonds is 6. The summed E-state index contributed by atoms with van der Waals surface area (Å²) in [5.74, 6) is 1.08. The summed E-state index contributed by atoms with van der Waals surface area (Å²) in [6.07, 6.45) is 2.09. The summed E-state index contributed by atoms with van der Waals surface area (Å²) >= 11 is 1.57. The highest BCUT2D eigenvalue weighted by Crippen LogP contribution is 2.23. The molecule has 0 atom stereocenters. The fourth-order valence-corrected chi connectivity index (χ4v) is 3.84. The zero-order valence-corrected chi connectivity index (χ0v) is 16.3. The van der Waals surface area contributed by atoms with Crippen molar-refractivity contribution in [2.45, 2.75) is 25.5 Å². The minimum absolute atomic E-state index is 0.0736. The molecule has 0 unspecified atom stereocenters. The van der Waals surface area contributed by atoms with Gasteiger partial charge in [-0.15, -0.1) is 11.8 Å². The summed E-state index contributed by atoms with van der Waals surface area (Å²) in [5, 5.41) is 5.82. The summed E-state index contributed by atoms with van der Waals surface area (Å²) in [5.41, 5.74) is 3.70. The lowest BCUT2D eigenvalue weighted by molar-refractivity contribution is -0.113. The Morgan fingerprint density at radius 3 is 2.41 bits per heavy atom. The van der Waals surface area contributed by atoms with Crippen molar-refractivity contribution in [2.75, 3.05) is 29.5 Å². The average Bonchev–Trinajstić information content (AvgIpc) is 3.18. The van der Waals surface area contributed by atoms with E-state index in [2.05, 4.69) is 35.8 Å². The molecule has 5 nitrogen and oxygen atoms in total. The number of aryl methyl sites for hydroxylation is 1. The second-order valence-electron chi connectivity index (χ2n) is 6.70. The van der Waals surface area contributed by atoms with E-state index < -0.39 is 0 Å². The maximum absolute atomic E-state index is 12.3. The van der Waals surface area contributed by atoms with Crippen LogP contribution in [0.3, 0.4) is 0 Å². The van der Waals surface area contributed by atoms with Crippen LogP contribution < -0.4 is 10.6 Å². The fourth-order valence-electron chi connectivity index (χ4n) is 3.07. The molecule has 2 aromatic rings. The van der Waals surface area contributed by atoms with E-state index in [1.807, 2.05) is 30.3 Å². The number of thioether (sulfide) groups is 1. The molecule has 1 heterocycles. The number of amides is 3. The first-order valence-electron chi connectivity index (χ1n) is 9.20. The van der Waals surface area contributed by atoms with Gasteiger partial charge in [-0.3, -0.25) is 4.79 Å². The monoisotopic (exact) mass is 383 g/mol. The van der Waals surface area contributed by atoms with E-state index in [4.69, 9.17) is 0 Å². The second kappa shape index (κ2) is 9.46. The molecule has 0 bridgehead atoms. The lowest BCUT2D eigenvalue weighted by atomic mass is 10.2. The van der Waals surface area contributed by atoms with Gasteiger partial charge in [0.2, 0.25) is 5.91 Å². The van der Waals surface area contributed by atoms with Crippen LogP contribution in [0.5, 0.6) is 0 Å². The highest BCUT2D eigenvalue weighted by molar-refractivity contribution is 7.99. The predicted molar refractivity (Wildman–Crippen MR) is 112 cm³/mol. The first kappa shape index (κ1) is 19.3. The number of carbonyl (C=O) groups excluding carboxylic acids is 2. The van der Waals surface area contributed by atoms with E-state index >= 15 is 0 Å². The molecule has 3 amide bonds. The summed E-state index contributed by atoms with van der Waals surface area (Å²) in [4.78, 5) is 26.4. The van der Waals surface area contributed by atoms with Gasteiger partial charge in [0.15, 0.2) is 0 Å². The van der Waals surface area contributed by atoms with Crippen molar-refractivity contribution in [3.8, 4) is 0 Å². The molecule has 0 aromatic heterocycles. The third kappa shape index (κ3) is 5.76. The molecule has 0 radical (unpaired) electrons. The smallest absolute Gasteiger partial charge is 0.321 e. The van der Waals surface area contributed by atoms with Gasteiger partial charge in [-0.05, 0) is 37.5 Å². The van der Waals surface area contributed by atoms with Crippen molar-refractivity contribution in [2.24, 2.45) is 0 Å². The molecule has 1 aliphatic heterocycles. The number of carbonyl (C=O) groups is 2.